The van der Waals surface area contributed by atoms with Gasteiger partial charge in [-0.25, -0.2) is 29.2 Å². The molecule has 0 fully saturated rings. The number of anilines is 3. The fraction of sp³-hybridized carbons (Fsp3) is 0.296. The van der Waals surface area contributed by atoms with E-state index in [1.54, 1.807) is 60.0 Å². The summed E-state index contributed by atoms with van der Waals surface area (Å²) >= 11 is 12.8. The Morgan fingerprint density at radius 3 is 2.15 bits per heavy atom. The van der Waals surface area contributed by atoms with Crippen LogP contribution in [0.1, 0.15) is 47.1 Å². The summed E-state index contributed by atoms with van der Waals surface area (Å²) in [6.07, 6.45) is 2.46. The van der Waals surface area contributed by atoms with E-state index in [1.165, 1.54) is 29.2 Å². The number of hydrogen-bond donors (Lipinski definition) is 1. The highest BCUT2D eigenvalue weighted by Crippen LogP contribution is 2.32. The first-order valence-corrected chi connectivity index (χ1v) is 13.0. The average Bonchev–Trinajstić information content (AvgIpc) is 3.26. The monoisotopic (exact) mass is 596 g/mol. The largest absolute Gasteiger partial charge is 0.443 e. The van der Waals surface area contributed by atoms with Crippen LogP contribution in [0.25, 0.3) is 16.6 Å². The Balaban J connectivity index is 1.71. The van der Waals surface area contributed by atoms with Crippen molar-refractivity contribution in [2.75, 3.05) is 10.2 Å². The Labute approximate surface area is 245 Å². The zero-order chi connectivity index (χ0) is 30.1. The number of nitriles is 1. The van der Waals surface area contributed by atoms with Crippen LogP contribution in [0.15, 0.2) is 43.0 Å². The first-order valence-electron chi connectivity index (χ1n) is 12.2. The van der Waals surface area contributed by atoms with Crippen LogP contribution in [0.4, 0.5) is 27.0 Å². The number of nitrogens with one attached hydrogen (secondary N) is 1. The van der Waals surface area contributed by atoms with Crippen LogP contribution in [0, 0.1) is 11.3 Å². The summed E-state index contributed by atoms with van der Waals surface area (Å²) in [4.78, 5) is 39.5. The number of nitrogens with zero attached hydrogens (tertiary/aromatic N) is 7. The van der Waals surface area contributed by atoms with Crippen LogP contribution < -0.4 is 10.2 Å². The number of carbonyl (C=O) groups excluding carboxylic acids is 2. The van der Waals surface area contributed by atoms with Crippen LogP contribution in [-0.4, -0.2) is 48.1 Å². The van der Waals surface area contributed by atoms with E-state index in [4.69, 9.17) is 32.7 Å². The van der Waals surface area contributed by atoms with Gasteiger partial charge < -0.3 is 14.8 Å². The van der Waals surface area contributed by atoms with E-state index in [0.29, 0.717) is 32.9 Å². The summed E-state index contributed by atoms with van der Waals surface area (Å²) in [6.45, 7) is 10.1. The van der Waals surface area contributed by atoms with Gasteiger partial charge in [-0.3, -0.25) is 0 Å². The van der Waals surface area contributed by atoms with Crippen LogP contribution in [0.3, 0.4) is 0 Å². The number of carbonyl (C=O) groups is 2. The molecule has 4 rings (SSSR count). The van der Waals surface area contributed by atoms with Gasteiger partial charge in [-0.1, -0.05) is 23.2 Å². The maximum Gasteiger partial charge on any atom is 0.425 e. The number of ether oxygens (including phenoxy) is 2. The summed E-state index contributed by atoms with van der Waals surface area (Å²) in [6, 6.07) is 8.08. The topological polar surface area (TPSA) is 148 Å². The molecule has 2 amide bonds. The molecule has 1 N–H and O–H groups in total. The SMILES string of the molecule is CC(C)(C)OC(=O)N(C(=O)OC(C)(C)C)c1cc(Nc2nccc3nn(-c4c(Cl)cc(C#N)cc4Cl)cc23)ncn1. The number of fused-ring (bicyclic) bond motifs is 1. The molecule has 0 bridgehead atoms. The smallest absolute Gasteiger partial charge is 0.425 e. The van der Waals surface area contributed by atoms with Crippen LogP contribution in [-0.2, 0) is 9.47 Å². The number of aromatic nitrogens is 5. The lowest BCUT2D eigenvalue weighted by Gasteiger charge is -2.28. The first-order chi connectivity index (χ1) is 19.1. The second kappa shape index (κ2) is 11.2. The van der Waals surface area contributed by atoms with E-state index < -0.39 is 23.4 Å². The van der Waals surface area contributed by atoms with E-state index in [-0.39, 0.29) is 21.7 Å². The molecule has 3 aromatic heterocycles. The maximum atomic E-state index is 13.0. The molecule has 0 radical (unpaired) electrons. The van der Waals surface area contributed by atoms with Crippen LogP contribution in [0.5, 0.6) is 0 Å². The van der Waals surface area contributed by atoms with Crippen molar-refractivity contribution in [2.45, 2.75) is 52.7 Å². The number of amides is 2. The quantitative estimate of drug-likeness (QED) is 0.266. The van der Waals surface area contributed by atoms with Crippen molar-refractivity contribution >= 4 is 63.7 Å². The third-order valence-corrected chi connectivity index (χ3v) is 5.67. The molecular formula is C27H26Cl2N8O4. The highest BCUT2D eigenvalue weighted by atomic mass is 35.5. The van der Waals surface area contributed by atoms with E-state index in [0.717, 1.165) is 0 Å². The van der Waals surface area contributed by atoms with Crippen molar-refractivity contribution in [3.63, 3.8) is 0 Å². The molecule has 0 aliphatic carbocycles. The number of imide groups is 1. The summed E-state index contributed by atoms with van der Waals surface area (Å²) < 4.78 is 12.3. The molecule has 212 valence electrons. The van der Waals surface area contributed by atoms with E-state index in [1.807, 2.05) is 6.07 Å². The number of halogens is 2. The van der Waals surface area contributed by atoms with Crippen molar-refractivity contribution in [2.24, 2.45) is 0 Å². The first kappa shape index (κ1) is 29.5. The average molecular weight is 597 g/mol. The summed E-state index contributed by atoms with van der Waals surface area (Å²) in [5.41, 5.74) is -0.505. The maximum absolute atomic E-state index is 13.0. The molecule has 0 unspecified atom stereocenters. The minimum atomic E-state index is -0.964. The third-order valence-electron chi connectivity index (χ3n) is 5.09. The van der Waals surface area contributed by atoms with E-state index in [9.17, 15) is 14.9 Å². The second-order valence-electron chi connectivity index (χ2n) is 10.7. The van der Waals surface area contributed by atoms with E-state index >= 15 is 0 Å². The lowest BCUT2D eigenvalue weighted by atomic mass is 10.2. The highest BCUT2D eigenvalue weighted by Gasteiger charge is 2.34. The van der Waals surface area contributed by atoms with Crippen molar-refractivity contribution in [1.29, 1.82) is 5.26 Å². The van der Waals surface area contributed by atoms with Gasteiger partial charge in [0, 0.05) is 18.5 Å². The third kappa shape index (κ3) is 7.00. The van der Waals surface area contributed by atoms with Crippen molar-refractivity contribution < 1.29 is 19.1 Å². The lowest BCUT2D eigenvalue weighted by Crippen LogP contribution is -2.44. The Morgan fingerprint density at radius 1 is 0.976 bits per heavy atom. The molecule has 1 aromatic carbocycles. The molecule has 3 heterocycles. The predicted molar refractivity (Wildman–Crippen MR) is 154 cm³/mol. The molecule has 0 aliphatic rings. The predicted octanol–water partition coefficient (Wildman–Crippen LogP) is 6.81. The molecule has 0 atom stereocenters. The van der Waals surface area contributed by atoms with Crippen molar-refractivity contribution in [1.82, 2.24) is 24.7 Å². The molecule has 0 aliphatic heterocycles. The van der Waals surface area contributed by atoms with Gasteiger partial charge in [-0.05, 0) is 59.7 Å². The fourth-order valence-electron chi connectivity index (χ4n) is 3.54. The highest BCUT2D eigenvalue weighted by molar-refractivity contribution is 6.38. The minimum absolute atomic E-state index is 0.0787. The van der Waals surface area contributed by atoms with Gasteiger partial charge in [0.05, 0.1) is 32.6 Å². The molecule has 0 saturated heterocycles. The lowest BCUT2D eigenvalue weighted by molar-refractivity contribution is 0.0429. The number of rotatable bonds is 4. The molecular weight excluding hydrogens is 571 g/mol. The Hall–Kier alpha value is -4.47. The van der Waals surface area contributed by atoms with Gasteiger partial charge in [0.2, 0.25) is 0 Å². The molecule has 14 heteroatoms. The van der Waals surface area contributed by atoms with Gasteiger partial charge >= 0.3 is 12.2 Å². The zero-order valence-electron chi connectivity index (χ0n) is 23.1. The second-order valence-corrected chi connectivity index (χ2v) is 11.6. The summed E-state index contributed by atoms with van der Waals surface area (Å²) in [7, 11) is 0. The standard InChI is InChI=1S/C27H26Cl2N8O4/c1-26(2,3)40-24(38)37(25(39)41-27(4,5)6)21-11-20(32-14-33-21)34-23-16-13-36(35-19(16)7-8-31-23)22-17(28)9-15(12-30)10-18(22)29/h7-11,13-14H,1-6H3,(H,31,32,33,34). The summed E-state index contributed by atoms with van der Waals surface area (Å²) in [5, 5.41) is 17.9. The molecule has 4 aromatic rings. The fourth-order valence-corrected chi connectivity index (χ4v) is 4.20. The van der Waals surface area contributed by atoms with Gasteiger partial charge in [0.25, 0.3) is 0 Å². The van der Waals surface area contributed by atoms with Crippen molar-refractivity contribution in [3.05, 3.63) is 58.6 Å². The molecule has 0 saturated carbocycles. The van der Waals surface area contributed by atoms with Crippen LogP contribution >= 0.6 is 23.2 Å². The van der Waals surface area contributed by atoms with Gasteiger partial charge in [0.1, 0.15) is 34.9 Å². The Kier molecular flexibility index (Phi) is 8.05. The number of hydrogen-bond acceptors (Lipinski definition) is 10. The summed E-state index contributed by atoms with van der Waals surface area (Å²) in [5.74, 6) is 0.500. The molecule has 41 heavy (non-hydrogen) atoms. The number of benzene rings is 1. The van der Waals surface area contributed by atoms with Gasteiger partial charge in [-0.15, -0.1) is 0 Å². The zero-order valence-corrected chi connectivity index (χ0v) is 24.6. The molecule has 0 spiro atoms. The molecule has 12 nitrogen and oxygen atoms in total. The van der Waals surface area contributed by atoms with Gasteiger partial charge in [-0.2, -0.15) is 15.3 Å². The normalized spacial score (nSPS) is 11.6. The van der Waals surface area contributed by atoms with Gasteiger partial charge in [0.15, 0.2) is 5.82 Å². The van der Waals surface area contributed by atoms with Crippen LogP contribution in [0.2, 0.25) is 10.0 Å². The minimum Gasteiger partial charge on any atom is -0.443 e. The number of pyridine rings is 1. The Morgan fingerprint density at radius 2 is 1.59 bits per heavy atom. The van der Waals surface area contributed by atoms with E-state index in [2.05, 4.69) is 25.4 Å². The van der Waals surface area contributed by atoms with Crippen molar-refractivity contribution in [3.8, 4) is 11.8 Å². The Bertz CT molecular complexity index is 1630.